The summed E-state index contributed by atoms with van der Waals surface area (Å²) >= 11 is 0. The molecule has 8 nitrogen and oxygen atoms in total. The van der Waals surface area contributed by atoms with Crippen LogP contribution in [0.2, 0.25) is 0 Å². The van der Waals surface area contributed by atoms with Crippen molar-refractivity contribution >= 4 is 11.7 Å². The van der Waals surface area contributed by atoms with Gasteiger partial charge in [0.15, 0.2) is 0 Å². The summed E-state index contributed by atoms with van der Waals surface area (Å²) in [5.41, 5.74) is 6.83. The minimum Gasteiger partial charge on any atom is -0.492 e. The number of urea groups is 1. The second-order valence-electron chi connectivity index (χ2n) is 8.83. The van der Waals surface area contributed by atoms with Crippen LogP contribution in [0, 0.1) is 27.7 Å². The number of anilines is 1. The van der Waals surface area contributed by atoms with Gasteiger partial charge in [0, 0.05) is 44.5 Å². The van der Waals surface area contributed by atoms with Crippen molar-refractivity contribution in [3.8, 4) is 11.4 Å². The molecule has 1 aliphatic rings. The van der Waals surface area contributed by atoms with Gasteiger partial charge in [-0.1, -0.05) is 17.7 Å². The van der Waals surface area contributed by atoms with E-state index in [1.54, 1.807) is 11.0 Å². The average molecular weight is 463 g/mol. The molecule has 180 valence electrons. The molecule has 34 heavy (non-hydrogen) atoms. The van der Waals surface area contributed by atoms with Crippen LogP contribution in [0.15, 0.2) is 36.7 Å². The highest BCUT2D eigenvalue weighted by molar-refractivity contribution is 5.74. The van der Waals surface area contributed by atoms with Gasteiger partial charge in [-0.05, 0) is 63.4 Å². The molecular weight excluding hydrogens is 428 g/mol. The topological polar surface area (TPSA) is 75.5 Å². The van der Waals surface area contributed by atoms with Crippen molar-refractivity contribution in [2.75, 3.05) is 37.7 Å². The first-order chi connectivity index (χ1) is 16.4. The smallest absolute Gasteiger partial charge is 0.317 e. The number of aryl methyl sites for hydroxylation is 4. The van der Waals surface area contributed by atoms with Gasteiger partial charge in [-0.25, -0.2) is 14.5 Å². The number of nitrogens with zero attached hydrogens (tertiary/aromatic N) is 5. The number of rotatable bonds is 6. The van der Waals surface area contributed by atoms with E-state index in [1.807, 2.05) is 24.8 Å². The Balaban J connectivity index is 1.37. The second kappa shape index (κ2) is 10.2. The zero-order valence-electron chi connectivity index (χ0n) is 20.8. The van der Waals surface area contributed by atoms with Crippen LogP contribution in [-0.2, 0) is 6.54 Å². The Morgan fingerprint density at radius 2 is 1.74 bits per heavy atom. The third-order valence-electron chi connectivity index (χ3n) is 6.29. The number of benzene rings is 2. The second-order valence-corrected chi connectivity index (χ2v) is 8.83. The third kappa shape index (κ3) is 5.16. The lowest BCUT2D eigenvalue weighted by Gasteiger charge is -2.36. The largest absolute Gasteiger partial charge is 0.492 e. The van der Waals surface area contributed by atoms with E-state index in [0.717, 1.165) is 30.2 Å². The Bertz CT molecular complexity index is 1140. The molecule has 1 saturated heterocycles. The quantitative estimate of drug-likeness (QED) is 0.601. The van der Waals surface area contributed by atoms with Crippen LogP contribution in [0.3, 0.4) is 0 Å². The molecule has 1 aliphatic heterocycles. The molecule has 0 spiro atoms. The normalized spacial score (nSPS) is 13.8. The lowest BCUT2D eigenvalue weighted by atomic mass is 10.00. The fourth-order valence-electron chi connectivity index (χ4n) is 4.55. The first kappa shape index (κ1) is 23.6. The summed E-state index contributed by atoms with van der Waals surface area (Å²) in [6.45, 7) is 14.1. The Morgan fingerprint density at radius 3 is 2.35 bits per heavy atom. The van der Waals surface area contributed by atoms with Gasteiger partial charge >= 0.3 is 6.03 Å². The van der Waals surface area contributed by atoms with Crippen molar-refractivity contribution < 1.29 is 9.53 Å². The first-order valence-corrected chi connectivity index (χ1v) is 11.9. The minimum absolute atomic E-state index is 0.00840. The molecule has 0 unspecified atom stereocenters. The van der Waals surface area contributed by atoms with Crippen LogP contribution < -0.4 is 15.0 Å². The van der Waals surface area contributed by atoms with Gasteiger partial charge in [0.2, 0.25) is 0 Å². The van der Waals surface area contributed by atoms with Crippen LogP contribution >= 0.6 is 0 Å². The van der Waals surface area contributed by atoms with Gasteiger partial charge in [0.1, 0.15) is 23.6 Å². The number of amides is 2. The Kier molecular flexibility index (Phi) is 7.05. The van der Waals surface area contributed by atoms with Crippen LogP contribution in [0.1, 0.15) is 35.0 Å². The van der Waals surface area contributed by atoms with Crippen molar-refractivity contribution in [3.63, 3.8) is 0 Å². The van der Waals surface area contributed by atoms with E-state index in [2.05, 4.69) is 65.3 Å². The van der Waals surface area contributed by atoms with Crippen LogP contribution in [0.25, 0.3) is 5.69 Å². The average Bonchev–Trinajstić information content (AvgIpc) is 3.24. The molecule has 8 heteroatoms. The number of piperazine rings is 1. The summed E-state index contributed by atoms with van der Waals surface area (Å²) in [4.78, 5) is 21.2. The number of ether oxygens (including phenoxy) is 1. The van der Waals surface area contributed by atoms with Gasteiger partial charge in [-0.2, -0.15) is 5.10 Å². The first-order valence-electron chi connectivity index (χ1n) is 11.9. The van der Waals surface area contributed by atoms with Crippen LogP contribution in [0.4, 0.5) is 10.5 Å². The molecule has 0 bridgehead atoms. The highest BCUT2D eigenvalue weighted by Gasteiger charge is 2.22. The molecule has 0 atom stereocenters. The molecule has 3 aromatic rings. The SMILES string of the molecule is CCOc1cc(N2CCN(C(=O)NCc3c(C)cc(C)cc3C)CC2)ccc1-n1cnc(C)n1. The molecule has 4 rings (SSSR count). The lowest BCUT2D eigenvalue weighted by molar-refractivity contribution is 0.194. The van der Waals surface area contributed by atoms with Gasteiger partial charge in [0.25, 0.3) is 0 Å². The van der Waals surface area contributed by atoms with Crippen molar-refractivity contribution in [2.45, 2.75) is 41.2 Å². The molecule has 0 saturated carbocycles. The minimum atomic E-state index is -0.00840. The number of carbonyl (C=O) groups is 1. The Labute approximate surface area is 201 Å². The van der Waals surface area contributed by atoms with Gasteiger partial charge in [-0.15, -0.1) is 0 Å². The maximum atomic E-state index is 12.8. The summed E-state index contributed by atoms with van der Waals surface area (Å²) in [6.07, 6.45) is 1.70. The highest BCUT2D eigenvalue weighted by Crippen LogP contribution is 2.29. The molecule has 0 radical (unpaired) electrons. The summed E-state index contributed by atoms with van der Waals surface area (Å²) in [5.74, 6) is 1.49. The van der Waals surface area contributed by atoms with Gasteiger partial charge in [0.05, 0.1) is 6.61 Å². The third-order valence-corrected chi connectivity index (χ3v) is 6.29. The molecule has 1 aromatic heterocycles. The van der Waals surface area contributed by atoms with Crippen molar-refractivity contribution in [1.29, 1.82) is 0 Å². The number of nitrogens with one attached hydrogen (secondary N) is 1. The van der Waals surface area contributed by atoms with Crippen molar-refractivity contribution in [3.05, 3.63) is 64.7 Å². The standard InChI is InChI=1S/C26H34N6O2/c1-6-34-25-15-22(7-8-24(25)32-17-28-21(5)29-32)30-9-11-31(12-10-30)26(33)27-16-23-19(3)13-18(2)14-20(23)4/h7-8,13-15,17H,6,9-12,16H2,1-5H3,(H,27,33). The van der Waals surface area contributed by atoms with E-state index in [0.29, 0.717) is 32.1 Å². The molecular formula is C26H34N6O2. The molecule has 1 fully saturated rings. The summed E-state index contributed by atoms with van der Waals surface area (Å²) < 4.78 is 7.64. The van der Waals surface area contributed by atoms with E-state index < -0.39 is 0 Å². The zero-order chi connectivity index (χ0) is 24.2. The number of carbonyl (C=O) groups excluding carboxylic acids is 1. The van der Waals surface area contributed by atoms with E-state index in [9.17, 15) is 4.79 Å². The van der Waals surface area contributed by atoms with E-state index in [4.69, 9.17) is 4.74 Å². The number of hydrogen-bond donors (Lipinski definition) is 1. The predicted molar refractivity (Wildman–Crippen MR) is 134 cm³/mol. The predicted octanol–water partition coefficient (Wildman–Crippen LogP) is 3.93. The molecule has 0 aliphatic carbocycles. The molecule has 2 aromatic carbocycles. The fourth-order valence-corrected chi connectivity index (χ4v) is 4.55. The van der Waals surface area contributed by atoms with Gasteiger partial charge in [-0.3, -0.25) is 0 Å². The van der Waals surface area contributed by atoms with E-state index in [-0.39, 0.29) is 6.03 Å². The summed E-state index contributed by atoms with van der Waals surface area (Å²) in [7, 11) is 0. The Morgan fingerprint density at radius 1 is 1.03 bits per heavy atom. The van der Waals surface area contributed by atoms with Crippen LogP contribution in [0.5, 0.6) is 5.75 Å². The fraction of sp³-hybridized carbons (Fsp3) is 0.423. The van der Waals surface area contributed by atoms with E-state index >= 15 is 0 Å². The lowest BCUT2D eigenvalue weighted by Crippen LogP contribution is -2.51. The summed E-state index contributed by atoms with van der Waals surface area (Å²) in [6, 6.07) is 10.5. The summed E-state index contributed by atoms with van der Waals surface area (Å²) in [5, 5.41) is 7.52. The molecule has 2 heterocycles. The van der Waals surface area contributed by atoms with E-state index in [1.165, 1.54) is 22.3 Å². The maximum absolute atomic E-state index is 12.8. The highest BCUT2D eigenvalue weighted by atomic mass is 16.5. The number of hydrogen-bond acceptors (Lipinski definition) is 5. The molecule has 1 N–H and O–H groups in total. The van der Waals surface area contributed by atoms with Crippen molar-refractivity contribution in [2.24, 2.45) is 0 Å². The monoisotopic (exact) mass is 462 g/mol. The number of aromatic nitrogens is 3. The molecule has 2 amide bonds. The van der Waals surface area contributed by atoms with Gasteiger partial charge < -0.3 is 19.9 Å². The zero-order valence-corrected chi connectivity index (χ0v) is 20.8. The Hall–Kier alpha value is -3.55. The van der Waals surface area contributed by atoms with Crippen molar-refractivity contribution in [1.82, 2.24) is 25.0 Å². The van der Waals surface area contributed by atoms with Crippen LogP contribution in [-0.4, -0.2) is 58.5 Å². The maximum Gasteiger partial charge on any atom is 0.317 e.